The van der Waals surface area contributed by atoms with Crippen LogP contribution in [-0.2, 0) is 14.6 Å². The molecule has 2 N–H and O–H groups in total. The lowest BCUT2D eigenvalue weighted by Gasteiger charge is -2.34. The lowest BCUT2D eigenvalue weighted by atomic mass is 10.1. The van der Waals surface area contributed by atoms with Crippen molar-refractivity contribution in [1.82, 2.24) is 0 Å². The Balaban J connectivity index is 2.67. The number of hydrogen-bond acceptors (Lipinski definition) is 4. The van der Waals surface area contributed by atoms with E-state index in [1.165, 1.54) is 4.90 Å². The standard InChI is InChI=1S/C12H16N2O3S/c1-8-3-4-11-10(5-8)14(12(15)6-13)9(2)7-18(11,16)17/h3-5,9H,6-7,13H2,1-2H3. The van der Waals surface area contributed by atoms with Gasteiger partial charge in [-0.3, -0.25) is 4.79 Å². The number of anilines is 1. The number of hydrogen-bond donors (Lipinski definition) is 1. The molecule has 0 bridgehead atoms. The summed E-state index contributed by atoms with van der Waals surface area (Å²) >= 11 is 0. The Morgan fingerprint density at radius 1 is 1.50 bits per heavy atom. The number of carbonyl (C=O) groups is 1. The van der Waals surface area contributed by atoms with Crippen molar-refractivity contribution >= 4 is 21.4 Å². The lowest BCUT2D eigenvalue weighted by molar-refractivity contribution is -0.117. The number of nitrogens with two attached hydrogens (primary N) is 1. The number of fused-ring (bicyclic) bond motifs is 1. The topological polar surface area (TPSA) is 80.5 Å². The molecular weight excluding hydrogens is 252 g/mol. The Labute approximate surface area is 107 Å². The van der Waals surface area contributed by atoms with Gasteiger partial charge < -0.3 is 10.6 Å². The van der Waals surface area contributed by atoms with Crippen LogP contribution in [0.25, 0.3) is 0 Å². The highest BCUT2D eigenvalue weighted by Crippen LogP contribution is 2.34. The van der Waals surface area contributed by atoms with Crippen LogP contribution in [0.2, 0.25) is 0 Å². The van der Waals surface area contributed by atoms with Crippen LogP contribution in [0, 0.1) is 6.92 Å². The average molecular weight is 268 g/mol. The second kappa shape index (κ2) is 4.37. The third kappa shape index (κ3) is 2.02. The van der Waals surface area contributed by atoms with Gasteiger partial charge in [-0.1, -0.05) is 6.07 Å². The van der Waals surface area contributed by atoms with Crippen LogP contribution in [0.4, 0.5) is 5.69 Å². The largest absolute Gasteiger partial charge is 0.322 e. The third-order valence-electron chi connectivity index (χ3n) is 3.05. The van der Waals surface area contributed by atoms with Gasteiger partial charge >= 0.3 is 0 Å². The number of aryl methyl sites for hydroxylation is 1. The highest BCUT2D eigenvalue weighted by atomic mass is 32.2. The first kappa shape index (κ1) is 13.0. The van der Waals surface area contributed by atoms with E-state index in [4.69, 9.17) is 5.73 Å². The van der Waals surface area contributed by atoms with Gasteiger partial charge in [-0.2, -0.15) is 0 Å². The Morgan fingerprint density at radius 3 is 2.78 bits per heavy atom. The fourth-order valence-corrected chi connectivity index (χ4v) is 3.99. The van der Waals surface area contributed by atoms with E-state index in [1.807, 2.05) is 6.92 Å². The predicted octanol–water partition coefficient (Wildman–Crippen LogP) is 0.463. The predicted molar refractivity (Wildman–Crippen MR) is 69.2 cm³/mol. The van der Waals surface area contributed by atoms with Gasteiger partial charge in [-0.15, -0.1) is 0 Å². The molecule has 0 radical (unpaired) electrons. The Kier molecular flexibility index (Phi) is 3.16. The molecule has 1 unspecified atom stereocenters. The molecule has 1 aromatic rings. The smallest absolute Gasteiger partial charge is 0.241 e. The Hall–Kier alpha value is -1.40. The first-order valence-corrected chi connectivity index (χ1v) is 7.37. The van der Waals surface area contributed by atoms with Gasteiger partial charge in [0, 0.05) is 6.04 Å². The number of carbonyl (C=O) groups excluding carboxylic acids is 1. The molecule has 0 saturated carbocycles. The first-order valence-electron chi connectivity index (χ1n) is 5.72. The van der Waals surface area contributed by atoms with E-state index in [-0.39, 0.29) is 29.1 Å². The summed E-state index contributed by atoms with van der Waals surface area (Å²) in [6.45, 7) is 3.45. The summed E-state index contributed by atoms with van der Waals surface area (Å²) in [5, 5.41) is 0. The second-order valence-electron chi connectivity index (χ2n) is 4.57. The molecule has 1 atom stereocenters. The fourth-order valence-electron chi connectivity index (χ4n) is 2.28. The van der Waals surface area contributed by atoms with Crippen LogP contribution >= 0.6 is 0 Å². The number of amides is 1. The van der Waals surface area contributed by atoms with E-state index < -0.39 is 9.84 Å². The molecule has 98 valence electrons. The lowest BCUT2D eigenvalue weighted by Crippen LogP contribution is -2.48. The van der Waals surface area contributed by atoms with Gasteiger partial charge in [0.05, 0.1) is 22.9 Å². The maximum atomic E-state index is 12.1. The fraction of sp³-hybridized carbons (Fsp3) is 0.417. The van der Waals surface area contributed by atoms with Gasteiger partial charge in [-0.05, 0) is 31.5 Å². The molecule has 18 heavy (non-hydrogen) atoms. The van der Waals surface area contributed by atoms with Crippen molar-refractivity contribution in [1.29, 1.82) is 0 Å². The number of rotatable bonds is 1. The van der Waals surface area contributed by atoms with Crippen molar-refractivity contribution in [2.24, 2.45) is 5.73 Å². The zero-order valence-electron chi connectivity index (χ0n) is 10.4. The zero-order valence-corrected chi connectivity index (χ0v) is 11.2. The van der Waals surface area contributed by atoms with E-state index in [2.05, 4.69) is 0 Å². The quantitative estimate of drug-likeness (QED) is 0.802. The first-order chi connectivity index (χ1) is 8.36. The van der Waals surface area contributed by atoms with Gasteiger partial charge in [0.1, 0.15) is 0 Å². The minimum atomic E-state index is -3.32. The van der Waals surface area contributed by atoms with Crippen molar-refractivity contribution in [3.8, 4) is 0 Å². The van der Waals surface area contributed by atoms with E-state index >= 15 is 0 Å². The maximum Gasteiger partial charge on any atom is 0.241 e. The SMILES string of the molecule is Cc1ccc2c(c1)N(C(=O)CN)C(C)CS2(=O)=O. The summed E-state index contributed by atoms with van der Waals surface area (Å²) in [5.41, 5.74) is 6.75. The van der Waals surface area contributed by atoms with Gasteiger partial charge in [0.25, 0.3) is 0 Å². The maximum absolute atomic E-state index is 12.1. The van der Waals surface area contributed by atoms with Crippen LogP contribution in [-0.4, -0.2) is 32.7 Å². The molecule has 6 heteroatoms. The van der Waals surface area contributed by atoms with Crippen LogP contribution in [0.5, 0.6) is 0 Å². The van der Waals surface area contributed by atoms with Crippen LogP contribution < -0.4 is 10.6 Å². The molecule has 0 aromatic heterocycles. The number of sulfone groups is 1. The summed E-state index contributed by atoms with van der Waals surface area (Å²) in [4.78, 5) is 13.6. The molecule has 2 rings (SSSR count). The van der Waals surface area contributed by atoms with Crippen molar-refractivity contribution < 1.29 is 13.2 Å². The molecule has 1 amide bonds. The molecule has 1 heterocycles. The van der Waals surface area contributed by atoms with E-state index in [0.29, 0.717) is 5.69 Å². The van der Waals surface area contributed by atoms with Crippen molar-refractivity contribution in [3.05, 3.63) is 23.8 Å². The molecule has 5 nitrogen and oxygen atoms in total. The summed E-state index contributed by atoms with van der Waals surface area (Å²) in [7, 11) is -3.32. The van der Waals surface area contributed by atoms with Gasteiger partial charge in [0.2, 0.25) is 5.91 Å². The minimum Gasteiger partial charge on any atom is -0.322 e. The summed E-state index contributed by atoms with van der Waals surface area (Å²) in [5.74, 6) is -0.321. The van der Waals surface area contributed by atoms with E-state index in [9.17, 15) is 13.2 Å². The zero-order chi connectivity index (χ0) is 13.5. The summed E-state index contributed by atoms with van der Waals surface area (Å²) in [6, 6.07) is 4.62. The third-order valence-corrected chi connectivity index (χ3v) is 4.99. The molecule has 0 aliphatic carbocycles. The minimum absolute atomic E-state index is 0.0607. The second-order valence-corrected chi connectivity index (χ2v) is 6.57. The molecule has 0 saturated heterocycles. The van der Waals surface area contributed by atoms with Gasteiger partial charge in [-0.25, -0.2) is 8.42 Å². The monoisotopic (exact) mass is 268 g/mol. The molecule has 0 fully saturated rings. The molecule has 1 aliphatic rings. The van der Waals surface area contributed by atoms with Crippen molar-refractivity contribution in [2.45, 2.75) is 24.8 Å². The molecule has 1 aromatic carbocycles. The van der Waals surface area contributed by atoms with Crippen molar-refractivity contribution in [2.75, 3.05) is 17.2 Å². The van der Waals surface area contributed by atoms with Crippen LogP contribution in [0.3, 0.4) is 0 Å². The van der Waals surface area contributed by atoms with E-state index in [0.717, 1.165) is 5.56 Å². The molecular formula is C12H16N2O3S. The Bertz CT molecular complexity index is 595. The normalized spacial score (nSPS) is 21.5. The summed E-state index contributed by atoms with van der Waals surface area (Å²) in [6.07, 6.45) is 0. The van der Waals surface area contributed by atoms with Crippen LogP contribution in [0.15, 0.2) is 23.1 Å². The molecule has 0 spiro atoms. The highest BCUT2D eigenvalue weighted by molar-refractivity contribution is 7.91. The highest BCUT2D eigenvalue weighted by Gasteiger charge is 2.35. The van der Waals surface area contributed by atoms with Crippen molar-refractivity contribution in [3.63, 3.8) is 0 Å². The number of benzene rings is 1. The Morgan fingerprint density at radius 2 is 2.17 bits per heavy atom. The van der Waals surface area contributed by atoms with Crippen LogP contribution in [0.1, 0.15) is 12.5 Å². The average Bonchev–Trinajstić information content (AvgIpc) is 2.26. The van der Waals surface area contributed by atoms with E-state index in [1.54, 1.807) is 25.1 Å². The van der Waals surface area contributed by atoms with Gasteiger partial charge in [0.15, 0.2) is 9.84 Å². The number of nitrogens with zero attached hydrogens (tertiary/aromatic N) is 1. The summed E-state index contributed by atoms with van der Waals surface area (Å²) < 4.78 is 24.2. The molecule has 1 aliphatic heterocycles.